The molecule has 0 radical (unpaired) electrons. The van der Waals surface area contributed by atoms with Crippen LogP contribution in [0.2, 0.25) is 0 Å². The van der Waals surface area contributed by atoms with Gasteiger partial charge in [-0.1, -0.05) is 137 Å². The zero-order valence-electron chi connectivity index (χ0n) is 23.3. The van der Waals surface area contributed by atoms with Crippen molar-refractivity contribution < 1.29 is 4.48 Å². The molecule has 0 bridgehead atoms. The van der Waals surface area contributed by atoms with Crippen LogP contribution in [0.3, 0.4) is 0 Å². The average molecular weight is 451 g/mol. The number of hydrogen-bond acceptors (Lipinski definition) is 0. The number of unbranched alkanes of at least 4 members (excludes halogenated alkanes) is 18. The van der Waals surface area contributed by atoms with E-state index in [2.05, 4.69) is 34.3 Å². The maximum atomic E-state index is 4.27. The van der Waals surface area contributed by atoms with E-state index in [-0.39, 0.29) is 0 Å². The lowest BCUT2D eigenvalue weighted by atomic mass is 10.0. The summed E-state index contributed by atoms with van der Waals surface area (Å²) in [6.07, 6.45) is 30.2. The van der Waals surface area contributed by atoms with E-state index in [9.17, 15) is 0 Å². The topological polar surface area (TPSA) is 0 Å². The molecule has 0 heterocycles. The second kappa shape index (κ2) is 23.8. The molecule has 0 spiro atoms. The molecule has 192 valence electrons. The van der Waals surface area contributed by atoms with E-state index >= 15 is 0 Å². The molecule has 1 nitrogen and oxygen atoms in total. The van der Waals surface area contributed by atoms with Crippen molar-refractivity contribution >= 4 is 0 Å². The number of rotatable bonds is 26. The fourth-order valence-corrected chi connectivity index (χ4v) is 5.30. The Morgan fingerprint density at radius 3 is 1.03 bits per heavy atom. The van der Waals surface area contributed by atoms with Crippen LogP contribution in [0.1, 0.15) is 163 Å². The Balaban J connectivity index is 3.70. The van der Waals surface area contributed by atoms with Crippen LogP contribution in [-0.4, -0.2) is 30.7 Å². The largest absolute Gasteiger partial charge is 0.320 e. The summed E-state index contributed by atoms with van der Waals surface area (Å²) in [6.45, 7) is 18.8. The van der Waals surface area contributed by atoms with Crippen LogP contribution < -0.4 is 0 Å². The third-order valence-electron chi connectivity index (χ3n) is 7.31. The predicted octanol–water partition coefficient (Wildman–Crippen LogP) is 10.6. The van der Waals surface area contributed by atoms with E-state index in [0.29, 0.717) is 0 Å². The molecular weight excluding hydrogens is 386 g/mol. The lowest BCUT2D eigenvalue weighted by Crippen LogP contribution is -2.51. The van der Waals surface area contributed by atoms with Crippen LogP contribution in [0.5, 0.6) is 0 Å². The van der Waals surface area contributed by atoms with Crippen molar-refractivity contribution in [3.63, 3.8) is 0 Å². The summed E-state index contributed by atoms with van der Waals surface area (Å²) in [7, 11) is 0. The van der Waals surface area contributed by atoms with E-state index < -0.39 is 0 Å². The fraction of sp³-hybridized carbons (Fsp3) is 0.935. The Morgan fingerprint density at radius 2 is 0.719 bits per heavy atom. The Morgan fingerprint density at radius 1 is 0.438 bits per heavy atom. The fourth-order valence-electron chi connectivity index (χ4n) is 5.30. The Labute approximate surface area is 205 Å². The second-order valence-corrected chi connectivity index (χ2v) is 11.0. The second-order valence-electron chi connectivity index (χ2n) is 11.0. The molecule has 0 N–H and O–H groups in total. The van der Waals surface area contributed by atoms with Gasteiger partial charge in [-0.3, -0.25) is 0 Å². The van der Waals surface area contributed by atoms with Crippen molar-refractivity contribution in [2.75, 3.05) is 26.2 Å². The molecule has 0 saturated heterocycles. The van der Waals surface area contributed by atoms with Crippen LogP contribution >= 0.6 is 0 Å². The van der Waals surface area contributed by atoms with Gasteiger partial charge in [0.25, 0.3) is 0 Å². The first kappa shape index (κ1) is 31.7. The summed E-state index contributed by atoms with van der Waals surface area (Å²) in [5, 5.41) is 0. The maximum Gasteiger partial charge on any atom is 0.0998 e. The Hall–Kier alpha value is -0.300. The van der Waals surface area contributed by atoms with Crippen LogP contribution in [0.15, 0.2) is 12.2 Å². The molecular formula is C31H64N+. The molecule has 0 aromatic heterocycles. The molecule has 0 aromatic rings. The molecule has 0 amide bonds. The smallest absolute Gasteiger partial charge is 0.0998 e. The van der Waals surface area contributed by atoms with Gasteiger partial charge in [0.15, 0.2) is 0 Å². The van der Waals surface area contributed by atoms with Gasteiger partial charge < -0.3 is 4.48 Å². The van der Waals surface area contributed by atoms with Gasteiger partial charge in [-0.15, -0.1) is 0 Å². The Bertz CT molecular complexity index is 378. The zero-order valence-corrected chi connectivity index (χ0v) is 23.3. The van der Waals surface area contributed by atoms with Gasteiger partial charge in [0.05, 0.1) is 26.2 Å². The van der Waals surface area contributed by atoms with Gasteiger partial charge in [0.1, 0.15) is 0 Å². The minimum absolute atomic E-state index is 1.21. The summed E-state index contributed by atoms with van der Waals surface area (Å²) in [5.41, 5.74) is 1.38. The molecule has 0 aromatic carbocycles. The molecule has 0 unspecified atom stereocenters. The van der Waals surface area contributed by atoms with Gasteiger partial charge in [-0.05, 0) is 38.2 Å². The van der Waals surface area contributed by atoms with Gasteiger partial charge in [-0.2, -0.15) is 0 Å². The van der Waals surface area contributed by atoms with Crippen molar-refractivity contribution in [3.05, 3.63) is 12.2 Å². The third kappa shape index (κ3) is 20.3. The van der Waals surface area contributed by atoms with Gasteiger partial charge in [0, 0.05) is 0 Å². The first-order valence-electron chi connectivity index (χ1n) is 15.1. The van der Waals surface area contributed by atoms with E-state index in [1.54, 1.807) is 0 Å². The van der Waals surface area contributed by atoms with E-state index in [4.69, 9.17) is 0 Å². The van der Waals surface area contributed by atoms with E-state index in [1.165, 1.54) is 171 Å². The SMILES string of the molecule is C=C(C)C[N+](CCCC)(CCCC)CCCCCCCCCCCCCCCCCCC. The molecule has 0 aliphatic rings. The summed E-state index contributed by atoms with van der Waals surface area (Å²) in [5.74, 6) is 0. The molecule has 0 atom stereocenters. The monoisotopic (exact) mass is 451 g/mol. The van der Waals surface area contributed by atoms with Gasteiger partial charge in [-0.25, -0.2) is 0 Å². The predicted molar refractivity (Wildman–Crippen MR) is 149 cm³/mol. The molecule has 0 fully saturated rings. The highest BCUT2D eigenvalue weighted by Gasteiger charge is 2.25. The van der Waals surface area contributed by atoms with Crippen LogP contribution in [0.25, 0.3) is 0 Å². The lowest BCUT2D eigenvalue weighted by Gasteiger charge is -2.39. The van der Waals surface area contributed by atoms with Crippen molar-refractivity contribution in [1.82, 2.24) is 0 Å². The van der Waals surface area contributed by atoms with Crippen molar-refractivity contribution in [2.24, 2.45) is 0 Å². The average Bonchev–Trinajstić information content (AvgIpc) is 2.78. The van der Waals surface area contributed by atoms with Crippen LogP contribution in [-0.2, 0) is 0 Å². The first-order valence-corrected chi connectivity index (χ1v) is 15.1. The summed E-state index contributed by atoms with van der Waals surface area (Å²) >= 11 is 0. The number of nitrogens with zero attached hydrogens (tertiary/aromatic N) is 1. The first-order chi connectivity index (χ1) is 15.6. The van der Waals surface area contributed by atoms with Gasteiger partial charge >= 0.3 is 0 Å². The lowest BCUT2D eigenvalue weighted by molar-refractivity contribution is -0.924. The maximum absolute atomic E-state index is 4.27. The molecule has 0 aliphatic heterocycles. The van der Waals surface area contributed by atoms with Gasteiger partial charge in [0.2, 0.25) is 0 Å². The highest BCUT2D eigenvalue weighted by atomic mass is 15.3. The Kier molecular flexibility index (Phi) is 23.6. The van der Waals surface area contributed by atoms with Crippen molar-refractivity contribution in [3.8, 4) is 0 Å². The standard InChI is InChI=1S/C31H64N/c1-6-9-12-13-14-15-16-17-18-19-20-21-22-23-24-25-26-29-32(27-10-7-2,28-11-8-3)30-31(4)5/h4,6-30H2,1-3,5H3/q+1. The normalized spacial score (nSPS) is 11.9. The summed E-state index contributed by atoms with van der Waals surface area (Å²) in [4.78, 5) is 0. The van der Waals surface area contributed by atoms with E-state index in [1.807, 2.05) is 0 Å². The highest BCUT2D eigenvalue weighted by molar-refractivity contribution is 4.88. The quantitative estimate of drug-likeness (QED) is 0.0698. The number of hydrogen-bond donors (Lipinski definition) is 0. The van der Waals surface area contributed by atoms with Crippen molar-refractivity contribution in [1.29, 1.82) is 0 Å². The molecule has 1 heteroatoms. The molecule has 0 saturated carbocycles. The van der Waals surface area contributed by atoms with Crippen LogP contribution in [0, 0.1) is 0 Å². The third-order valence-corrected chi connectivity index (χ3v) is 7.31. The molecule has 0 aliphatic carbocycles. The molecule has 0 rings (SSSR count). The minimum Gasteiger partial charge on any atom is -0.320 e. The molecule has 32 heavy (non-hydrogen) atoms. The summed E-state index contributed by atoms with van der Waals surface area (Å²) in [6, 6.07) is 0. The highest BCUT2D eigenvalue weighted by Crippen LogP contribution is 2.19. The van der Waals surface area contributed by atoms with Crippen LogP contribution in [0.4, 0.5) is 0 Å². The van der Waals surface area contributed by atoms with Crippen molar-refractivity contribution in [2.45, 2.75) is 163 Å². The number of quaternary nitrogens is 1. The van der Waals surface area contributed by atoms with E-state index in [0.717, 1.165) is 0 Å². The summed E-state index contributed by atoms with van der Waals surface area (Å²) < 4.78 is 1.32. The minimum atomic E-state index is 1.21. The zero-order chi connectivity index (χ0) is 23.8.